The van der Waals surface area contributed by atoms with Crippen molar-refractivity contribution in [2.45, 2.75) is 45.0 Å². The summed E-state index contributed by atoms with van der Waals surface area (Å²) in [6.45, 7) is 4.74. The van der Waals surface area contributed by atoms with Gasteiger partial charge in [-0.05, 0) is 45.0 Å². The van der Waals surface area contributed by atoms with Gasteiger partial charge < -0.3 is 4.74 Å². The lowest BCUT2D eigenvalue weighted by Crippen LogP contribution is -2.39. The van der Waals surface area contributed by atoms with Crippen LogP contribution in [0.3, 0.4) is 0 Å². The Kier molecular flexibility index (Phi) is 5.86. The molecule has 6 nitrogen and oxygen atoms in total. The summed E-state index contributed by atoms with van der Waals surface area (Å²) in [6, 6.07) is 6.18. The molecule has 0 bridgehead atoms. The number of carbonyl (C=O) groups is 1. The second-order valence-electron chi connectivity index (χ2n) is 8.85. The maximum Gasteiger partial charge on any atom is 0.411 e. The van der Waals surface area contributed by atoms with E-state index in [4.69, 9.17) is 16.3 Å². The third-order valence-corrected chi connectivity index (χ3v) is 5.47. The fourth-order valence-electron chi connectivity index (χ4n) is 3.90. The molecule has 1 saturated heterocycles. The first-order chi connectivity index (χ1) is 15.4. The minimum atomic E-state index is -1.41. The van der Waals surface area contributed by atoms with E-state index in [2.05, 4.69) is 4.98 Å². The van der Waals surface area contributed by atoms with Crippen molar-refractivity contribution in [3.8, 4) is 5.69 Å². The molecule has 1 fully saturated rings. The molecule has 2 atom stereocenters. The number of rotatable bonds is 2. The Bertz CT molecular complexity index is 1290. The average molecular weight is 480 g/mol. The van der Waals surface area contributed by atoms with Crippen LogP contribution in [-0.4, -0.2) is 38.9 Å². The second kappa shape index (κ2) is 8.37. The first-order valence-electron chi connectivity index (χ1n) is 10.3. The number of amides is 1. The summed E-state index contributed by atoms with van der Waals surface area (Å²) in [4.78, 5) is 32.0. The van der Waals surface area contributed by atoms with Gasteiger partial charge in [0.15, 0.2) is 0 Å². The molecule has 0 saturated carbocycles. The molecule has 2 aromatic carbocycles. The number of alkyl halides is 1. The zero-order valence-electron chi connectivity index (χ0n) is 18.1. The Morgan fingerprint density at radius 2 is 1.85 bits per heavy atom. The summed E-state index contributed by atoms with van der Waals surface area (Å²) in [5, 5.41) is 0.132. The minimum absolute atomic E-state index is 0.0335. The second-order valence-corrected chi connectivity index (χ2v) is 9.26. The fraction of sp³-hybridized carbons (Fsp3) is 0.348. The molecule has 3 aromatic rings. The number of halogens is 4. The number of carbonyl (C=O) groups excluding carboxylic acids is 1. The highest BCUT2D eigenvalue weighted by molar-refractivity contribution is 6.35. The van der Waals surface area contributed by atoms with E-state index in [1.54, 1.807) is 32.9 Å². The normalized spacial score (nSPS) is 18.7. The number of ether oxygens (including phenoxy) is 1. The van der Waals surface area contributed by atoms with Crippen molar-refractivity contribution in [2.75, 3.05) is 6.54 Å². The summed E-state index contributed by atoms with van der Waals surface area (Å²) in [5.74, 6) is -1.88. The molecule has 0 spiro atoms. The number of hydrogen-bond acceptors (Lipinski definition) is 4. The van der Waals surface area contributed by atoms with Gasteiger partial charge in [-0.25, -0.2) is 22.9 Å². The van der Waals surface area contributed by atoms with E-state index in [1.165, 1.54) is 6.07 Å². The molecule has 1 aliphatic rings. The van der Waals surface area contributed by atoms with E-state index in [0.717, 1.165) is 21.6 Å². The Hall–Kier alpha value is -3.07. The number of fused-ring (bicyclic) bond motifs is 1. The zero-order valence-corrected chi connectivity index (χ0v) is 18.9. The van der Waals surface area contributed by atoms with Gasteiger partial charge >= 0.3 is 6.09 Å². The highest BCUT2D eigenvalue weighted by atomic mass is 35.5. The standard InChI is InChI=1S/C23H21ClF3N3O3/c1-23(2,3)33-22(32)29-11-14(27)10-18(29)20-28-17-6-4-5-16(24)19(17)21(31)30(20)15-8-12(25)7-13(26)9-15/h4-9,14,18H,10-11H2,1-3H3/t14-,18+/m1/s1. The molecular weight excluding hydrogens is 459 g/mol. The van der Waals surface area contributed by atoms with Crippen LogP contribution in [0.4, 0.5) is 18.0 Å². The fourth-order valence-corrected chi connectivity index (χ4v) is 4.15. The van der Waals surface area contributed by atoms with Gasteiger partial charge in [0, 0.05) is 12.5 Å². The maximum absolute atomic E-state index is 14.5. The lowest BCUT2D eigenvalue weighted by Gasteiger charge is -2.29. The van der Waals surface area contributed by atoms with Crippen LogP contribution in [0.2, 0.25) is 5.02 Å². The molecule has 1 amide bonds. The van der Waals surface area contributed by atoms with Gasteiger partial charge in [0.1, 0.15) is 29.2 Å². The molecule has 174 valence electrons. The molecule has 0 N–H and O–H groups in total. The topological polar surface area (TPSA) is 64.4 Å². The van der Waals surface area contributed by atoms with Crippen LogP contribution in [0.5, 0.6) is 0 Å². The van der Waals surface area contributed by atoms with Crippen LogP contribution in [-0.2, 0) is 4.74 Å². The van der Waals surface area contributed by atoms with Crippen LogP contribution in [0.25, 0.3) is 16.6 Å². The SMILES string of the molecule is CC(C)(C)OC(=O)N1C[C@H](F)C[C@H]1c1nc2cccc(Cl)c2c(=O)n1-c1cc(F)cc(F)c1. The Balaban J connectivity index is 1.98. The van der Waals surface area contributed by atoms with Crippen molar-refractivity contribution in [3.05, 3.63) is 69.2 Å². The highest BCUT2D eigenvalue weighted by Crippen LogP contribution is 2.35. The summed E-state index contributed by atoms with van der Waals surface area (Å²) in [5.41, 5.74) is -1.49. The molecule has 0 aliphatic carbocycles. The van der Waals surface area contributed by atoms with E-state index >= 15 is 0 Å². The molecule has 1 aliphatic heterocycles. The average Bonchev–Trinajstić information content (AvgIpc) is 3.07. The number of benzene rings is 2. The van der Waals surface area contributed by atoms with Gasteiger partial charge in [-0.3, -0.25) is 14.3 Å². The number of aromatic nitrogens is 2. The third-order valence-electron chi connectivity index (χ3n) is 5.15. The summed E-state index contributed by atoms with van der Waals surface area (Å²) in [7, 11) is 0. The largest absolute Gasteiger partial charge is 0.444 e. The summed E-state index contributed by atoms with van der Waals surface area (Å²) in [6.07, 6.45) is -2.37. The molecule has 0 unspecified atom stereocenters. The summed E-state index contributed by atoms with van der Waals surface area (Å²) < 4.78 is 49.0. The third kappa shape index (κ3) is 4.55. The van der Waals surface area contributed by atoms with Gasteiger partial charge in [0.25, 0.3) is 5.56 Å². The van der Waals surface area contributed by atoms with Gasteiger partial charge in [-0.15, -0.1) is 0 Å². The Morgan fingerprint density at radius 1 is 1.18 bits per heavy atom. The Morgan fingerprint density at radius 3 is 2.48 bits per heavy atom. The smallest absolute Gasteiger partial charge is 0.411 e. The van der Waals surface area contributed by atoms with Gasteiger partial charge in [-0.1, -0.05) is 17.7 Å². The quantitative estimate of drug-likeness (QED) is 0.498. The molecular formula is C23H21ClF3N3O3. The first kappa shape index (κ1) is 23.1. The van der Waals surface area contributed by atoms with E-state index < -0.39 is 41.1 Å². The van der Waals surface area contributed by atoms with E-state index in [0.29, 0.717) is 6.07 Å². The number of hydrogen-bond donors (Lipinski definition) is 0. The van der Waals surface area contributed by atoms with Crippen molar-refractivity contribution in [1.29, 1.82) is 0 Å². The molecule has 0 radical (unpaired) electrons. The van der Waals surface area contributed by atoms with Crippen LogP contribution in [0.1, 0.15) is 39.1 Å². The molecule has 10 heteroatoms. The molecule has 1 aromatic heterocycles. The van der Waals surface area contributed by atoms with Crippen LogP contribution < -0.4 is 5.56 Å². The lowest BCUT2D eigenvalue weighted by atomic mass is 10.1. The van der Waals surface area contributed by atoms with Crippen molar-refractivity contribution in [3.63, 3.8) is 0 Å². The lowest BCUT2D eigenvalue weighted by molar-refractivity contribution is 0.0209. The van der Waals surface area contributed by atoms with Crippen molar-refractivity contribution < 1.29 is 22.7 Å². The number of nitrogens with zero attached hydrogens (tertiary/aromatic N) is 3. The van der Waals surface area contributed by atoms with E-state index in [9.17, 15) is 22.8 Å². The van der Waals surface area contributed by atoms with Crippen molar-refractivity contribution in [2.24, 2.45) is 0 Å². The first-order valence-corrected chi connectivity index (χ1v) is 10.6. The number of likely N-dealkylation sites (tertiary alicyclic amines) is 1. The monoisotopic (exact) mass is 479 g/mol. The highest BCUT2D eigenvalue weighted by Gasteiger charge is 2.41. The summed E-state index contributed by atoms with van der Waals surface area (Å²) >= 11 is 6.23. The zero-order chi connectivity index (χ0) is 24.1. The van der Waals surface area contributed by atoms with Crippen molar-refractivity contribution >= 4 is 28.6 Å². The predicted octanol–water partition coefficient (Wildman–Crippen LogP) is 5.34. The molecule has 33 heavy (non-hydrogen) atoms. The maximum atomic E-state index is 14.5. The van der Waals surface area contributed by atoms with E-state index in [-0.39, 0.29) is 40.4 Å². The van der Waals surface area contributed by atoms with Crippen LogP contribution in [0, 0.1) is 11.6 Å². The van der Waals surface area contributed by atoms with Gasteiger partial charge in [0.2, 0.25) is 0 Å². The minimum Gasteiger partial charge on any atom is -0.444 e. The Labute approximate surface area is 192 Å². The van der Waals surface area contributed by atoms with Crippen LogP contribution in [0.15, 0.2) is 41.2 Å². The predicted molar refractivity (Wildman–Crippen MR) is 117 cm³/mol. The van der Waals surface area contributed by atoms with Gasteiger partial charge in [0.05, 0.1) is 34.2 Å². The van der Waals surface area contributed by atoms with E-state index in [1.807, 2.05) is 0 Å². The van der Waals surface area contributed by atoms with Gasteiger partial charge in [-0.2, -0.15) is 0 Å². The molecule has 4 rings (SSSR count). The van der Waals surface area contributed by atoms with Crippen molar-refractivity contribution in [1.82, 2.24) is 14.5 Å². The molecule has 2 heterocycles. The van der Waals surface area contributed by atoms with Crippen LogP contribution >= 0.6 is 11.6 Å².